The molecule has 2 N–H and O–H groups in total. The van der Waals surface area contributed by atoms with Gasteiger partial charge < -0.3 is 10.6 Å². The lowest BCUT2D eigenvalue weighted by Gasteiger charge is -2.32. The zero-order valence-electron chi connectivity index (χ0n) is 10.4. The fraction of sp³-hybridized carbons (Fsp3) is 0.636. The van der Waals surface area contributed by atoms with E-state index in [1.165, 1.54) is 0 Å². The Kier molecular flexibility index (Phi) is 3.63. The van der Waals surface area contributed by atoms with E-state index < -0.39 is 0 Å². The van der Waals surface area contributed by atoms with Crippen molar-refractivity contribution in [1.82, 2.24) is 9.78 Å². The van der Waals surface area contributed by atoms with E-state index in [2.05, 4.69) is 16.9 Å². The smallest absolute Gasteiger partial charge is 0.137 e. The van der Waals surface area contributed by atoms with Crippen LogP contribution in [-0.4, -0.2) is 38.9 Å². The van der Waals surface area contributed by atoms with Gasteiger partial charge >= 0.3 is 0 Å². The van der Waals surface area contributed by atoms with Crippen LogP contribution in [0.3, 0.4) is 0 Å². The number of aromatic nitrogens is 2. The summed E-state index contributed by atoms with van der Waals surface area (Å²) in [7, 11) is 1.95. The largest absolute Gasteiger partial charge is 0.389 e. The first-order valence-corrected chi connectivity index (χ1v) is 7.16. The number of anilines is 1. The third-order valence-electron chi connectivity index (χ3n) is 2.98. The molecule has 1 atom stereocenters. The molecule has 0 aromatic carbocycles. The predicted molar refractivity (Wildman–Crippen MR) is 78.0 cm³/mol. The molecule has 1 unspecified atom stereocenters. The average Bonchev–Trinajstić information content (AvgIpc) is 2.53. The average molecular weight is 270 g/mol. The molecular formula is C11H18N4S2. The van der Waals surface area contributed by atoms with Crippen LogP contribution in [-0.2, 0) is 7.05 Å². The summed E-state index contributed by atoms with van der Waals surface area (Å²) in [5, 5.41) is 5.07. The summed E-state index contributed by atoms with van der Waals surface area (Å²) >= 11 is 7.15. The van der Waals surface area contributed by atoms with Gasteiger partial charge in [0, 0.05) is 31.1 Å². The van der Waals surface area contributed by atoms with Crippen molar-refractivity contribution in [1.29, 1.82) is 0 Å². The Bertz CT molecular complexity index is 441. The highest BCUT2D eigenvalue weighted by Gasteiger charge is 2.24. The maximum atomic E-state index is 5.82. The molecule has 0 bridgehead atoms. The summed E-state index contributed by atoms with van der Waals surface area (Å²) in [6.07, 6.45) is 0. The van der Waals surface area contributed by atoms with Gasteiger partial charge in [0.05, 0.1) is 11.3 Å². The highest BCUT2D eigenvalue weighted by Crippen LogP contribution is 2.28. The number of hydrogen-bond donors (Lipinski definition) is 1. The third kappa shape index (κ3) is 2.42. The second kappa shape index (κ2) is 4.86. The van der Waals surface area contributed by atoms with Crippen LogP contribution in [0.15, 0.2) is 0 Å². The predicted octanol–water partition coefficient (Wildman–Crippen LogP) is 1.30. The van der Waals surface area contributed by atoms with Crippen LogP contribution in [0.4, 0.5) is 5.82 Å². The second-order valence-electron chi connectivity index (χ2n) is 4.40. The molecule has 0 amide bonds. The number of aryl methyl sites for hydroxylation is 2. The van der Waals surface area contributed by atoms with Gasteiger partial charge in [-0.3, -0.25) is 4.68 Å². The number of nitrogens with two attached hydrogens (primary N) is 1. The summed E-state index contributed by atoms with van der Waals surface area (Å²) in [4.78, 5) is 2.78. The molecule has 1 aromatic heterocycles. The maximum Gasteiger partial charge on any atom is 0.137 e. The van der Waals surface area contributed by atoms with Crippen LogP contribution in [0, 0.1) is 6.92 Å². The highest BCUT2D eigenvalue weighted by molar-refractivity contribution is 8.00. The van der Waals surface area contributed by atoms with Crippen molar-refractivity contribution in [3.8, 4) is 0 Å². The molecule has 2 rings (SSSR count). The first kappa shape index (κ1) is 12.7. The Labute approximate surface area is 112 Å². The monoisotopic (exact) mass is 270 g/mol. The van der Waals surface area contributed by atoms with E-state index in [-0.39, 0.29) is 0 Å². The van der Waals surface area contributed by atoms with E-state index in [1.807, 2.05) is 30.4 Å². The van der Waals surface area contributed by atoms with Gasteiger partial charge in [0.1, 0.15) is 10.8 Å². The number of hydrogen-bond acceptors (Lipinski definition) is 4. The van der Waals surface area contributed by atoms with E-state index in [0.29, 0.717) is 10.2 Å². The lowest BCUT2D eigenvalue weighted by molar-refractivity contribution is 0.694. The second-order valence-corrected chi connectivity index (χ2v) is 6.39. The van der Waals surface area contributed by atoms with Crippen molar-refractivity contribution in [2.75, 3.05) is 23.7 Å². The Morgan fingerprint density at radius 1 is 1.59 bits per heavy atom. The van der Waals surface area contributed by atoms with Crippen molar-refractivity contribution in [2.24, 2.45) is 12.8 Å². The van der Waals surface area contributed by atoms with Crippen LogP contribution in [0.2, 0.25) is 0 Å². The molecule has 0 saturated carbocycles. The minimum atomic E-state index is 0.441. The Morgan fingerprint density at radius 3 is 2.88 bits per heavy atom. The summed E-state index contributed by atoms with van der Waals surface area (Å²) in [6.45, 7) is 6.27. The van der Waals surface area contributed by atoms with Gasteiger partial charge in [0.15, 0.2) is 0 Å². The summed E-state index contributed by atoms with van der Waals surface area (Å²) in [5.74, 6) is 2.21. The Morgan fingerprint density at radius 2 is 2.29 bits per heavy atom. The number of thioether (sulfide) groups is 1. The fourth-order valence-corrected chi connectivity index (χ4v) is 3.56. The SMILES string of the molecule is Cc1nn(C)c(N2CCSC(C)C2)c1C(N)=S. The van der Waals surface area contributed by atoms with E-state index >= 15 is 0 Å². The molecule has 6 heteroatoms. The van der Waals surface area contributed by atoms with Gasteiger partial charge in [-0.15, -0.1) is 0 Å². The maximum absolute atomic E-state index is 5.82. The van der Waals surface area contributed by atoms with Crippen molar-refractivity contribution in [3.05, 3.63) is 11.3 Å². The molecule has 94 valence electrons. The molecule has 1 aliphatic rings. The van der Waals surface area contributed by atoms with E-state index in [0.717, 1.165) is 35.9 Å². The first-order valence-electron chi connectivity index (χ1n) is 5.70. The molecule has 2 heterocycles. The quantitative estimate of drug-likeness (QED) is 0.821. The summed E-state index contributed by atoms with van der Waals surface area (Å²) in [6, 6.07) is 0. The van der Waals surface area contributed by atoms with Crippen LogP contribution < -0.4 is 10.6 Å². The zero-order valence-corrected chi connectivity index (χ0v) is 12.1. The van der Waals surface area contributed by atoms with E-state index in [4.69, 9.17) is 18.0 Å². The third-order valence-corrected chi connectivity index (χ3v) is 4.32. The molecule has 4 nitrogen and oxygen atoms in total. The molecular weight excluding hydrogens is 252 g/mol. The van der Waals surface area contributed by atoms with Crippen molar-refractivity contribution >= 4 is 34.8 Å². The van der Waals surface area contributed by atoms with Gasteiger partial charge in [-0.25, -0.2) is 0 Å². The standard InChI is InChI=1S/C11H18N4S2/c1-7-6-15(4-5-17-7)11-9(10(12)16)8(2)13-14(11)3/h7H,4-6H2,1-3H3,(H2,12,16). The van der Waals surface area contributed by atoms with Gasteiger partial charge in [0.2, 0.25) is 0 Å². The number of nitrogens with zero attached hydrogens (tertiary/aromatic N) is 3. The van der Waals surface area contributed by atoms with Crippen molar-refractivity contribution in [3.63, 3.8) is 0 Å². The summed E-state index contributed by atoms with van der Waals surface area (Å²) in [5.41, 5.74) is 7.67. The van der Waals surface area contributed by atoms with E-state index in [9.17, 15) is 0 Å². The number of thiocarbonyl (C=S) groups is 1. The van der Waals surface area contributed by atoms with Gasteiger partial charge in [0.25, 0.3) is 0 Å². The molecule has 1 fully saturated rings. The van der Waals surface area contributed by atoms with Gasteiger partial charge in [-0.2, -0.15) is 16.9 Å². The summed E-state index contributed by atoms with van der Waals surface area (Å²) < 4.78 is 1.90. The number of rotatable bonds is 2. The lowest BCUT2D eigenvalue weighted by atomic mass is 10.2. The van der Waals surface area contributed by atoms with Crippen LogP contribution in [0.1, 0.15) is 18.2 Å². The molecule has 17 heavy (non-hydrogen) atoms. The molecule has 0 spiro atoms. The van der Waals surface area contributed by atoms with Crippen molar-refractivity contribution < 1.29 is 0 Å². The topological polar surface area (TPSA) is 47.1 Å². The minimum Gasteiger partial charge on any atom is -0.389 e. The van der Waals surface area contributed by atoms with Gasteiger partial charge in [-0.1, -0.05) is 19.1 Å². The van der Waals surface area contributed by atoms with Gasteiger partial charge in [-0.05, 0) is 6.92 Å². The highest BCUT2D eigenvalue weighted by atomic mass is 32.2. The minimum absolute atomic E-state index is 0.441. The molecule has 1 aliphatic heterocycles. The van der Waals surface area contributed by atoms with Crippen molar-refractivity contribution in [2.45, 2.75) is 19.1 Å². The van der Waals surface area contributed by atoms with Crippen LogP contribution in [0.25, 0.3) is 0 Å². The zero-order chi connectivity index (χ0) is 12.6. The molecule has 0 radical (unpaired) electrons. The molecule has 1 aromatic rings. The first-order chi connectivity index (χ1) is 8.00. The lowest BCUT2D eigenvalue weighted by Crippen LogP contribution is -2.38. The van der Waals surface area contributed by atoms with E-state index in [1.54, 1.807) is 0 Å². The molecule has 1 saturated heterocycles. The Hall–Kier alpha value is -0.750. The fourth-order valence-electron chi connectivity index (χ4n) is 2.31. The Balaban J connectivity index is 2.40. The van der Waals surface area contributed by atoms with Crippen LogP contribution in [0.5, 0.6) is 0 Å². The normalized spacial score (nSPS) is 20.6. The van der Waals surface area contributed by atoms with Crippen LogP contribution >= 0.6 is 24.0 Å². The molecule has 0 aliphatic carbocycles.